The fourth-order valence-corrected chi connectivity index (χ4v) is 3.17. The van der Waals surface area contributed by atoms with Crippen LogP contribution < -0.4 is 10.6 Å². The van der Waals surface area contributed by atoms with Crippen LogP contribution >= 0.6 is 0 Å². The summed E-state index contributed by atoms with van der Waals surface area (Å²) in [5.41, 5.74) is 8.09. The zero-order valence-electron chi connectivity index (χ0n) is 12.5. The molecule has 114 valence electrons. The molecular formula is C15H23N5O. The fourth-order valence-electron chi connectivity index (χ4n) is 3.17. The van der Waals surface area contributed by atoms with Crippen molar-refractivity contribution in [3.05, 3.63) is 17.8 Å². The highest BCUT2D eigenvalue weighted by Crippen LogP contribution is 2.27. The van der Waals surface area contributed by atoms with E-state index in [9.17, 15) is 5.11 Å². The standard InChI is InChI=1S/C15H23N5O/c1-2-11-10-17-20-13(16)9-14(18-15(11)20)19-7-4-3-5-12(19)6-8-21/h9-10,12,21H,2-8,16H2,1H3/t12-/m0/s1. The van der Waals surface area contributed by atoms with Gasteiger partial charge in [0.1, 0.15) is 11.6 Å². The van der Waals surface area contributed by atoms with Gasteiger partial charge in [-0.3, -0.25) is 0 Å². The Morgan fingerprint density at radius 3 is 3.05 bits per heavy atom. The van der Waals surface area contributed by atoms with Crippen LogP contribution in [0.15, 0.2) is 12.3 Å². The number of nitrogen functional groups attached to an aromatic ring is 1. The molecule has 6 heteroatoms. The van der Waals surface area contributed by atoms with E-state index in [4.69, 9.17) is 10.7 Å². The van der Waals surface area contributed by atoms with Gasteiger partial charge in [0.15, 0.2) is 5.65 Å². The molecule has 2 aromatic rings. The minimum Gasteiger partial charge on any atom is -0.396 e. The van der Waals surface area contributed by atoms with Gasteiger partial charge in [-0.25, -0.2) is 4.98 Å². The highest BCUT2D eigenvalue weighted by atomic mass is 16.3. The van der Waals surface area contributed by atoms with Crippen molar-refractivity contribution < 1.29 is 5.11 Å². The Kier molecular flexibility index (Phi) is 3.96. The largest absolute Gasteiger partial charge is 0.396 e. The number of rotatable bonds is 4. The Bertz CT molecular complexity index is 622. The SMILES string of the molecule is CCc1cnn2c(N)cc(N3CCCC[C@H]3CCO)nc12. The minimum atomic E-state index is 0.214. The number of aromatic nitrogens is 3. The number of nitrogens with zero attached hydrogens (tertiary/aromatic N) is 4. The first-order chi connectivity index (χ1) is 10.2. The lowest BCUT2D eigenvalue weighted by atomic mass is 9.99. The molecule has 21 heavy (non-hydrogen) atoms. The number of aryl methyl sites for hydroxylation is 1. The highest BCUT2D eigenvalue weighted by Gasteiger charge is 2.24. The van der Waals surface area contributed by atoms with E-state index >= 15 is 0 Å². The molecule has 2 aromatic heterocycles. The van der Waals surface area contributed by atoms with Gasteiger partial charge in [-0.1, -0.05) is 6.92 Å². The summed E-state index contributed by atoms with van der Waals surface area (Å²) in [6, 6.07) is 2.25. The average molecular weight is 289 g/mol. The van der Waals surface area contributed by atoms with Gasteiger partial charge in [0.25, 0.3) is 0 Å². The van der Waals surface area contributed by atoms with Gasteiger partial charge in [0.2, 0.25) is 0 Å². The maximum Gasteiger partial charge on any atom is 0.162 e. The second kappa shape index (κ2) is 5.89. The molecule has 1 saturated heterocycles. The lowest BCUT2D eigenvalue weighted by molar-refractivity contribution is 0.262. The summed E-state index contributed by atoms with van der Waals surface area (Å²) in [6.45, 7) is 3.28. The van der Waals surface area contributed by atoms with Gasteiger partial charge in [0, 0.05) is 30.8 Å². The van der Waals surface area contributed by atoms with Crippen molar-refractivity contribution in [1.82, 2.24) is 14.6 Å². The average Bonchev–Trinajstić information content (AvgIpc) is 2.91. The number of anilines is 2. The number of aliphatic hydroxyl groups is 1. The smallest absolute Gasteiger partial charge is 0.162 e. The lowest BCUT2D eigenvalue weighted by Gasteiger charge is -2.36. The molecular weight excluding hydrogens is 266 g/mol. The summed E-state index contributed by atoms with van der Waals surface area (Å²) in [7, 11) is 0. The molecule has 1 aliphatic rings. The number of piperidine rings is 1. The molecule has 0 radical (unpaired) electrons. The van der Waals surface area contributed by atoms with E-state index < -0.39 is 0 Å². The quantitative estimate of drug-likeness (QED) is 0.894. The van der Waals surface area contributed by atoms with Gasteiger partial charge < -0.3 is 15.7 Å². The third-order valence-corrected chi connectivity index (χ3v) is 4.32. The Morgan fingerprint density at radius 2 is 2.29 bits per heavy atom. The second-order valence-electron chi connectivity index (χ2n) is 5.65. The molecule has 1 atom stereocenters. The molecule has 6 nitrogen and oxygen atoms in total. The van der Waals surface area contributed by atoms with Crippen LogP contribution in [0.1, 0.15) is 38.2 Å². The zero-order valence-corrected chi connectivity index (χ0v) is 12.5. The van der Waals surface area contributed by atoms with Crippen molar-refractivity contribution in [2.75, 3.05) is 23.8 Å². The predicted octanol–water partition coefficient (Wildman–Crippen LogP) is 1.62. The monoisotopic (exact) mass is 289 g/mol. The minimum absolute atomic E-state index is 0.214. The molecule has 1 aliphatic heterocycles. The van der Waals surface area contributed by atoms with Crippen LogP contribution in [0.2, 0.25) is 0 Å². The predicted molar refractivity (Wildman–Crippen MR) is 83.5 cm³/mol. The normalized spacial score (nSPS) is 19.3. The molecule has 0 spiro atoms. The molecule has 0 aromatic carbocycles. The molecule has 0 bridgehead atoms. The Balaban J connectivity index is 2.02. The fraction of sp³-hybridized carbons (Fsp3) is 0.600. The van der Waals surface area contributed by atoms with Crippen LogP contribution in [0, 0.1) is 0 Å². The summed E-state index contributed by atoms with van der Waals surface area (Å²) < 4.78 is 1.70. The molecule has 0 amide bonds. The van der Waals surface area contributed by atoms with Crippen LogP contribution in [0.5, 0.6) is 0 Å². The van der Waals surface area contributed by atoms with Gasteiger partial charge >= 0.3 is 0 Å². The van der Waals surface area contributed by atoms with Crippen molar-refractivity contribution in [3.63, 3.8) is 0 Å². The summed E-state index contributed by atoms with van der Waals surface area (Å²) in [5.74, 6) is 1.52. The summed E-state index contributed by atoms with van der Waals surface area (Å²) >= 11 is 0. The Morgan fingerprint density at radius 1 is 1.43 bits per heavy atom. The van der Waals surface area contributed by atoms with Gasteiger partial charge in [0.05, 0.1) is 6.20 Å². The first-order valence-electron chi connectivity index (χ1n) is 7.75. The molecule has 3 rings (SSSR count). The number of nitrogens with two attached hydrogens (primary N) is 1. The maximum atomic E-state index is 9.27. The van der Waals surface area contributed by atoms with Crippen LogP contribution in [0.3, 0.4) is 0 Å². The van der Waals surface area contributed by atoms with Gasteiger partial charge in [-0.15, -0.1) is 0 Å². The van der Waals surface area contributed by atoms with E-state index in [2.05, 4.69) is 16.9 Å². The van der Waals surface area contributed by atoms with E-state index in [-0.39, 0.29) is 6.61 Å². The molecule has 3 heterocycles. The van der Waals surface area contributed by atoms with E-state index in [0.717, 1.165) is 49.3 Å². The van der Waals surface area contributed by atoms with Crippen molar-refractivity contribution in [3.8, 4) is 0 Å². The summed E-state index contributed by atoms with van der Waals surface area (Å²) in [5, 5.41) is 13.6. The van der Waals surface area contributed by atoms with Crippen molar-refractivity contribution in [1.29, 1.82) is 0 Å². The first-order valence-corrected chi connectivity index (χ1v) is 7.75. The third-order valence-electron chi connectivity index (χ3n) is 4.32. The van der Waals surface area contributed by atoms with Crippen LogP contribution in [0.4, 0.5) is 11.6 Å². The molecule has 3 N–H and O–H groups in total. The Labute approximate surface area is 124 Å². The van der Waals surface area contributed by atoms with Crippen LogP contribution in [-0.2, 0) is 6.42 Å². The van der Waals surface area contributed by atoms with Gasteiger partial charge in [-0.2, -0.15) is 9.61 Å². The van der Waals surface area contributed by atoms with E-state index in [0.29, 0.717) is 11.9 Å². The van der Waals surface area contributed by atoms with Crippen molar-refractivity contribution >= 4 is 17.3 Å². The number of hydrogen-bond acceptors (Lipinski definition) is 5. The number of aliphatic hydroxyl groups excluding tert-OH is 1. The second-order valence-corrected chi connectivity index (χ2v) is 5.65. The number of fused-ring (bicyclic) bond motifs is 1. The molecule has 1 fully saturated rings. The van der Waals surface area contributed by atoms with E-state index in [1.165, 1.54) is 6.42 Å². The lowest BCUT2D eigenvalue weighted by Crippen LogP contribution is -2.40. The van der Waals surface area contributed by atoms with E-state index in [1.807, 2.05) is 12.3 Å². The number of hydrogen-bond donors (Lipinski definition) is 2. The van der Waals surface area contributed by atoms with E-state index in [1.54, 1.807) is 4.52 Å². The van der Waals surface area contributed by atoms with Crippen LogP contribution in [0.25, 0.3) is 5.65 Å². The zero-order chi connectivity index (χ0) is 14.8. The first kappa shape index (κ1) is 14.1. The maximum absolute atomic E-state index is 9.27. The highest BCUT2D eigenvalue weighted by molar-refractivity contribution is 5.60. The molecule has 0 unspecified atom stereocenters. The molecule has 0 aliphatic carbocycles. The molecule has 0 saturated carbocycles. The van der Waals surface area contributed by atoms with Crippen molar-refractivity contribution in [2.45, 2.75) is 45.1 Å². The topological polar surface area (TPSA) is 79.7 Å². The van der Waals surface area contributed by atoms with Crippen LogP contribution in [-0.4, -0.2) is 38.9 Å². The Hall–Kier alpha value is -1.82. The summed E-state index contributed by atoms with van der Waals surface area (Å²) in [4.78, 5) is 7.08. The van der Waals surface area contributed by atoms with Crippen molar-refractivity contribution in [2.24, 2.45) is 0 Å². The van der Waals surface area contributed by atoms with Gasteiger partial charge in [-0.05, 0) is 32.1 Å². The third kappa shape index (κ3) is 2.55. The summed E-state index contributed by atoms with van der Waals surface area (Å²) in [6.07, 6.45) is 6.99.